The van der Waals surface area contributed by atoms with Crippen LogP contribution in [0.4, 0.5) is 43.9 Å². The molecule has 3 saturated heterocycles. The molecule has 5 atom stereocenters. The Labute approximate surface area is 1020 Å². The van der Waals surface area contributed by atoms with Crippen molar-refractivity contribution in [1.29, 1.82) is 0 Å². The zero-order chi connectivity index (χ0) is 107. The average Bonchev–Trinajstić information content (AvgIpc) is 0.774. The van der Waals surface area contributed by atoms with Crippen molar-refractivity contribution in [1.82, 2.24) is 0 Å². The van der Waals surface area contributed by atoms with Crippen LogP contribution in [0.15, 0.2) is 334 Å². The van der Waals surface area contributed by atoms with E-state index in [0.717, 1.165) is 74.1 Å². The molecule has 0 N–H and O–H groups in total. The number of hydrogen-bond acceptors (Lipinski definition) is 5. The smallest absolute Gasteiger partial charge is 0.201 e. The van der Waals surface area contributed by atoms with Crippen LogP contribution in [0.2, 0.25) is 0 Å². The van der Waals surface area contributed by atoms with Crippen molar-refractivity contribution in [2.75, 3.05) is 26.4 Å². The van der Waals surface area contributed by atoms with E-state index in [4.69, 9.17) is 23.7 Å². The standard InChI is InChI=1S/C12H9F3.4C12H10.C11H12F2O.2C8H8F2.C8H9F.C8H16.C8H10.2C7H14O.C6H12O2.4Nd/c1-6-3-4-8-5-7(2)11(14)12(15)9(8)10(6)13;4*1-3-7-11(8-4-1)12-9-5-2-6-10-12;1-6-5-8-4-3-7(2)14-11(8)10(13)9(6)12;1-5-3-8(10)6(2)4-7(5)9;1-5-3-4-6(2)8(10)7(5)9;1-6-3-4-7(2)8(9)5-6;2*1-7-3-5-8(2)6-4-7;2*1-6-3-4-7(2)8-5-6;1-5-3-7-6(2)8-4-5;;;;/h3-5H,1-2H3;4*1-10H;5,7H,3-4H2,1-2H3;2*3-4H,1-2H3;3-5H,1-2H3;7-8H,3-6H2,1-2H3;3-6H,1-2H3;2*6-7H,3-5H2,1-2H3;5-6H,3-4H2,1-2H3;;;;. The maximum absolute atomic E-state index is 13.6. The third-order valence-electron chi connectivity index (χ3n) is 25.0. The maximum Gasteiger partial charge on any atom is 0.201 e. The fourth-order valence-corrected chi connectivity index (χ4v) is 15.4. The molecular weight excluding hydrogens is 2420 g/mol. The van der Waals surface area contributed by atoms with Crippen LogP contribution >= 0.6 is 0 Å². The second-order valence-corrected chi connectivity index (χ2v) is 38.8. The summed E-state index contributed by atoms with van der Waals surface area (Å²) in [4.78, 5) is 0. The van der Waals surface area contributed by atoms with E-state index in [1.165, 1.54) is 173 Å². The van der Waals surface area contributed by atoms with Crippen molar-refractivity contribution < 1.29 is 231 Å². The number of hydrogen-bond donors (Lipinski definition) is 0. The first kappa shape index (κ1) is 137. The first-order valence-corrected chi connectivity index (χ1v) is 51.0. The first-order valence-electron chi connectivity index (χ1n) is 51.0. The van der Waals surface area contributed by atoms with E-state index in [9.17, 15) is 43.9 Å². The van der Waals surface area contributed by atoms with Crippen molar-refractivity contribution in [2.45, 2.75) is 227 Å². The van der Waals surface area contributed by atoms with Gasteiger partial charge < -0.3 is 23.7 Å². The summed E-state index contributed by atoms with van der Waals surface area (Å²) in [6, 6.07) is 109. The quantitative estimate of drug-likeness (QED) is 0.164. The molecule has 15 aromatic carbocycles. The predicted molar refractivity (Wildman–Crippen MR) is 589 cm³/mol. The molecular formula is C131H152F10Nd4O5. The number of benzene rings is 15. The Hall–Kier alpha value is -7.10. The Bertz CT molecular complexity index is 5530. The number of aryl methyl sites for hydroxylation is 12. The zero-order valence-electron chi connectivity index (χ0n) is 91.2. The van der Waals surface area contributed by atoms with Gasteiger partial charge in [-0.3, -0.25) is 0 Å². The number of halogens is 10. The van der Waals surface area contributed by atoms with Crippen LogP contribution in [0.25, 0.3) is 55.3 Å². The van der Waals surface area contributed by atoms with Gasteiger partial charge in [0.05, 0.1) is 36.9 Å². The van der Waals surface area contributed by atoms with E-state index in [1.54, 1.807) is 50.2 Å². The Kier molecular flexibility index (Phi) is 69.2. The van der Waals surface area contributed by atoms with Crippen LogP contribution in [-0.4, -0.2) is 51.0 Å². The molecule has 0 radical (unpaired) electrons. The van der Waals surface area contributed by atoms with Gasteiger partial charge in [0, 0.05) is 182 Å². The molecule has 792 valence electrons. The van der Waals surface area contributed by atoms with Crippen LogP contribution in [0.3, 0.4) is 0 Å². The van der Waals surface area contributed by atoms with Crippen LogP contribution in [-0.2, 0) is 25.4 Å². The number of fused-ring (bicyclic) bond motifs is 2. The average molecular weight is 2570 g/mol. The van der Waals surface area contributed by atoms with E-state index in [-0.39, 0.29) is 210 Å². The van der Waals surface area contributed by atoms with Gasteiger partial charge in [-0.05, 0) is 302 Å². The molecule has 4 fully saturated rings. The molecule has 1 saturated carbocycles. The van der Waals surface area contributed by atoms with E-state index < -0.39 is 40.7 Å². The summed E-state index contributed by atoms with van der Waals surface area (Å²) < 4.78 is 156. The topological polar surface area (TPSA) is 46.2 Å². The largest absolute Gasteiger partial charge is 0.487 e. The number of ether oxygens (including phenoxy) is 5. The van der Waals surface area contributed by atoms with Gasteiger partial charge >= 0.3 is 0 Å². The Morgan fingerprint density at radius 3 is 0.767 bits per heavy atom. The van der Waals surface area contributed by atoms with Gasteiger partial charge in [0.25, 0.3) is 0 Å². The molecule has 5 unspecified atom stereocenters. The fourth-order valence-electron chi connectivity index (χ4n) is 15.4. The monoisotopic (exact) mass is 2560 g/mol. The fraction of sp³-hybridized carbons (Fsp3) is 0.328. The maximum atomic E-state index is 13.6. The third-order valence-corrected chi connectivity index (χ3v) is 25.0. The van der Waals surface area contributed by atoms with Crippen molar-refractivity contribution >= 4 is 10.8 Å². The number of rotatable bonds is 4. The summed E-state index contributed by atoms with van der Waals surface area (Å²) in [5.41, 5.74) is 17.6. The van der Waals surface area contributed by atoms with Crippen LogP contribution in [0.1, 0.15) is 187 Å². The molecule has 4 aliphatic heterocycles. The third kappa shape index (κ3) is 51.7. The molecule has 5 aliphatic rings. The Balaban J connectivity index is 0.000000416. The summed E-state index contributed by atoms with van der Waals surface area (Å²) in [7, 11) is 0. The molecule has 20 rings (SSSR count). The van der Waals surface area contributed by atoms with Crippen LogP contribution < -0.4 is 4.74 Å². The van der Waals surface area contributed by atoms with Gasteiger partial charge in [0.1, 0.15) is 23.3 Å². The molecule has 0 aromatic heterocycles. The molecule has 4 heterocycles. The van der Waals surface area contributed by atoms with Gasteiger partial charge in [-0.15, -0.1) is 0 Å². The van der Waals surface area contributed by atoms with Gasteiger partial charge in [-0.1, -0.05) is 375 Å². The van der Waals surface area contributed by atoms with Crippen molar-refractivity contribution in [3.05, 3.63) is 459 Å². The van der Waals surface area contributed by atoms with Gasteiger partial charge in [-0.2, -0.15) is 4.39 Å². The minimum Gasteiger partial charge on any atom is -0.487 e. The summed E-state index contributed by atoms with van der Waals surface area (Å²) in [5, 5.41) is 0.118. The molecule has 15 aromatic rings. The normalized spacial score (nSPS) is 17.0. The van der Waals surface area contributed by atoms with E-state index in [0.29, 0.717) is 62.5 Å². The Morgan fingerprint density at radius 1 is 0.207 bits per heavy atom. The summed E-state index contributed by atoms with van der Waals surface area (Å²) in [6.07, 6.45) is 13.7. The second kappa shape index (κ2) is 75.7. The van der Waals surface area contributed by atoms with Crippen molar-refractivity contribution in [2.24, 2.45) is 29.6 Å². The van der Waals surface area contributed by atoms with E-state index >= 15 is 0 Å². The summed E-state index contributed by atoms with van der Waals surface area (Å²) >= 11 is 0. The molecule has 150 heavy (non-hydrogen) atoms. The second-order valence-electron chi connectivity index (χ2n) is 38.8. The van der Waals surface area contributed by atoms with Crippen molar-refractivity contribution in [3.8, 4) is 50.3 Å². The zero-order valence-corrected chi connectivity index (χ0v) is 104. The molecule has 1 aliphatic carbocycles. The minimum absolute atomic E-state index is 0. The van der Waals surface area contributed by atoms with Crippen LogP contribution in [0.5, 0.6) is 5.75 Å². The van der Waals surface area contributed by atoms with E-state index in [1.807, 2.05) is 75.4 Å². The molecule has 0 bridgehead atoms. The van der Waals surface area contributed by atoms with Gasteiger partial charge in [0.15, 0.2) is 41.1 Å². The molecule has 0 spiro atoms. The minimum atomic E-state index is -1.11. The predicted octanol–water partition coefficient (Wildman–Crippen LogP) is 37.7. The van der Waals surface area contributed by atoms with Gasteiger partial charge in [0.2, 0.25) is 5.82 Å². The molecule has 0 amide bonds. The summed E-state index contributed by atoms with van der Waals surface area (Å²) in [5.74, 6) is -2.38. The Morgan fingerprint density at radius 2 is 0.473 bits per heavy atom. The van der Waals surface area contributed by atoms with Gasteiger partial charge in [-0.25, -0.2) is 39.5 Å². The van der Waals surface area contributed by atoms with Crippen LogP contribution in [0, 0.1) is 327 Å². The SMILES string of the molecule is CC1CCC(C)CC1.CC1CCC(C)OC1.CC1CCC(C)OC1.CC1COC(C)OC1.Cc1cc(F)c(C)cc1F.Cc1cc2c(c(F)c1F)OC(C)CC2.Cc1cc2ccc(C)c(F)c2c(F)c1F.Cc1ccc(C)c(F)c1.Cc1ccc(C)c(F)c1F.Cc1ccc(C)cc1.[Nd].[Nd].[Nd].[Nd].c1ccc(-c2ccccc2)cc1.c1ccc(-c2ccccc2)cc1.c1ccc(-c2ccccc2)cc1.c1ccc(-c2ccccc2)cc1. The van der Waals surface area contributed by atoms with Crippen molar-refractivity contribution in [3.63, 3.8) is 0 Å². The molecule has 5 nitrogen and oxygen atoms in total. The molecule has 19 heteroatoms. The van der Waals surface area contributed by atoms with E-state index in [2.05, 4.69) is 281 Å². The summed E-state index contributed by atoms with van der Waals surface area (Å²) in [6.45, 7) is 41.6. The first-order chi connectivity index (χ1) is 69.8.